The lowest BCUT2D eigenvalue weighted by molar-refractivity contribution is -0.122. The van der Waals surface area contributed by atoms with Crippen LogP contribution in [0.4, 0.5) is 14.9 Å². The van der Waals surface area contributed by atoms with Crippen LogP contribution < -0.4 is 10.2 Å². The third-order valence-corrected chi connectivity index (χ3v) is 5.25. The van der Waals surface area contributed by atoms with Gasteiger partial charge in [0.15, 0.2) is 0 Å². The van der Waals surface area contributed by atoms with Gasteiger partial charge in [0, 0.05) is 17.1 Å². The lowest BCUT2D eigenvalue weighted by Gasteiger charge is -2.26. The van der Waals surface area contributed by atoms with Crippen LogP contribution in [0.25, 0.3) is 11.8 Å². The zero-order valence-corrected chi connectivity index (χ0v) is 17.3. The summed E-state index contributed by atoms with van der Waals surface area (Å²) in [5.41, 5.74) is 4.26. The van der Waals surface area contributed by atoms with Crippen molar-refractivity contribution < 1.29 is 18.8 Å². The van der Waals surface area contributed by atoms with Crippen molar-refractivity contribution in [3.05, 3.63) is 88.5 Å². The lowest BCUT2D eigenvalue weighted by atomic mass is 10.1. The summed E-state index contributed by atoms with van der Waals surface area (Å²) in [4.78, 5) is 38.8. The topological polar surface area (TPSA) is 71.4 Å². The molecule has 7 heteroatoms. The number of hydrogen-bond donors (Lipinski definition) is 1. The molecule has 6 nitrogen and oxygen atoms in total. The van der Waals surface area contributed by atoms with E-state index in [4.69, 9.17) is 0 Å². The van der Waals surface area contributed by atoms with Crippen LogP contribution in [-0.2, 0) is 9.59 Å². The molecule has 31 heavy (non-hydrogen) atoms. The Labute approximate surface area is 178 Å². The van der Waals surface area contributed by atoms with Gasteiger partial charge in [0.1, 0.15) is 11.4 Å². The minimum absolute atomic E-state index is 0.139. The highest BCUT2D eigenvalue weighted by Crippen LogP contribution is 2.26. The minimum Gasteiger partial charge on any atom is -0.318 e. The number of aryl methyl sites for hydroxylation is 2. The third kappa shape index (κ3) is 3.66. The Bertz CT molecular complexity index is 1240. The normalized spacial score (nSPS) is 15.5. The third-order valence-electron chi connectivity index (χ3n) is 5.25. The molecule has 2 heterocycles. The lowest BCUT2D eigenvalue weighted by Crippen LogP contribution is -2.54. The molecule has 1 fully saturated rings. The molecule has 1 saturated heterocycles. The number of halogens is 1. The monoisotopic (exact) mass is 417 g/mol. The van der Waals surface area contributed by atoms with Gasteiger partial charge in [0.05, 0.1) is 5.69 Å². The Kier molecular flexibility index (Phi) is 5.02. The number of hydrogen-bond acceptors (Lipinski definition) is 3. The predicted molar refractivity (Wildman–Crippen MR) is 115 cm³/mol. The average molecular weight is 417 g/mol. The summed E-state index contributed by atoms with van der Waals surface area (Å²) in [7, 11) is 0. The molecule has 0 saturated carbocycles. The first-order valence-corrected chi connectivity index (χ1v) is 9.69. The molecule has 1 N–H and O–H groups in total. The molecule has 0 aliphatic carbocycles. The SMILES string of the molecule is Cc1ccc(N2C(=O)NC(=O)/C(=C/c3cc(C)n(-c4ccc(F)cc4)c3C)C2=O)cc1. The van der Waals surface area contributed by atoms with Crippen LogP contribution in [0.1, 0.15) is 22.5 Å². The van der Waals surface area contributed by atoms with Crippen LogP contribution in [0.2, 0.25) is 0 Å². The molecule has 0 radical (unpaired) electrons. The Morgan fingerprint density at radius 1 is 0.871 bits per heavy atom. The largest absolute Gasteiger partial charge is 0.335 e. The maximum absolute atomic E-state index is 13.3. The number of aromatic nitrogens is 1. The van der Waals surface area contributed by atoms with E-state index in [-0.39, 0.29) is 11.4 Å². The van der Waals surface area contributed by atoms with Crippen molar-refractivity contribution >= 4 is 29.6 Å². The zero-order chi connectivity index (χ0) is 22.3. The summed E-state index contributed by atoms with van der Waals surface area (Å²) in [5.74, 6) is -1.77. The summed E-state index contributed by atoms with van der Waals surface area (Å²) in [6, 6.07) is 14.0. The first-order chi connectivity index (χ1) is 14.8. The van der Waals surface area contributed by atoms with Crippen molar-refractivity contribution in [1.29, 1.82) is 0 Å². The van der Waals surface area contributed by atoms with E-state index in [0.717, 1.165) is 27.5 Å². The van der Waals surface area contributed by atoms with Crippen molar-refractivity contribution in [3.8, 4) is 5.69 Å². The highest BCUT2D eigenvalue weighted by atomic mass is 19.1. The molecule has 4 amide bonds. The van der Waals surface area contributed by atoms with Gasteiger partial charge in [0.2, 0.25) is 0 Å². The number of carbonyl (C=O) groups excluding carboxylic acids is 3. The second-order valence-electron chi connectivity index (χ2n) is 7.43. The van der Waals surface area contributed by atoms with Crippen molar-refractivity contribution in [2.24, 2.45) is 0 Å². The molecule has 2 aromatic carbocycles. The summed E-state index contributed by atoms with van der Waals surface area (Å²) < 4.78 is 15.2. The second-order valence-corrected chi connectivity index (χ2v) is 7.43. The van der Waals surface area contributed by atoms with E-state index in [2.05, 4.69) is 5.32 Å². The molecular weight excluding hydrogens is 397 g/mol. The smallest absolute Gasteiger partial charge is 0.318 e. The van der Waals surface area contributed by atoms with E-state index in [1.54, 1.807) is 36.4 Å². The molecule has 0 atom stereocenters. The van der Waals surface area contributed by atoms with E-state index in [1.807, 2.05) is 31.4 Å². The number of nitrogens with zero attached hydrogens (tertiary/aromatic N) is 2. The second kappa shape index (κ2) is 7.68. The van der Waals surface area contributed by atoms with Gasteiger partial charge in [0.25, 0.3) is 11.8 Å². The highest BCUT2D eigenvalue weighted by molar-refractivity contribution is 6.39. The van der Waals surface area contributed by atoms with Gasteiger partial charge in [-0.2, -0.15) is 0 Å². The fourth-order valence-corrected chi connectivity index (χ4v) is 3.66. The first-order valence-electron chi connectivity index (χ1n) is 9.69. The van der Waals surface area contributed by atoms with Gasteiger partial charge in [-0.1, -0.05) is 17.7 Å². The van der Waals surface area contributed by atoms with Crippen LogP contribution in [0.15, 0.2) is 60.2 Å². The molecule has 4 rings (SSSR count). The van der Waals surface area contributed by atoms with E-state index >= 15 is 0 Å². The Morgan fingerprint density at radius 2 is 1.48 bits per heavy atom. The molecule has 0 spiro atoms. The molecular formula is C24H20FN3O3. The van der Waals surface area contributed by atoms with Crippen molar-refractivity contribution in [3.63, 3.8) is 0 Å². The van der Waals surface area contributed by atoms with Gasteiger partial charge < -0.3 is 4.57 Å². The summed E-state index contributed by atoms with van der Waals surface area (Å²) in [6.07, 6.45) is 1.48. The number of anilines is 1. The van der Waals surface area contributed by atoms with Crippen LogP contribution in [0.3, 0.4) is 0 Å². The average Bonchev–Trinajstić information content (AvgIpc) is 3.00. The number of imide groups is 2. The Morgan fingerprint density at radius 3 is 2.13 bits per heavy atom. The van der Waals surface area contributed by atoms with Crippen molar-refractivity contribution in [1.82, 2.24) is 9.88 Å². The van der Waals surface area contributed by atoms with Crippen molar-refractivity contribution in [2.75, 3.05) is 4.90 Å². The number of barbiturate groups is 1. The van der Waals surface area contributed by atoms with Gasteiger partial charge in [-0.15, -0.1) is 0 Å². The standard InChI is InChI=1S/C24H20FN3O3/c1-14-4-8-20(9-5-14)28-23(30)21(22(29)26-24(28)31)13-17-12-15(2)27(16(17)3)19-10-6-18(25)7-11-19/h4-13H,1-3H3,(H,26,29,31)/b21-13-. The minimum atomic E-state index is -0.784. The Balaban J connectivity index is 1.75. The van der Waals surface area contributed by atoms with Gasteiger partial charge >= 0.3 is 6.03 Å². The first kappa shape index (κ1) is 20.3. The zero-order valence-electron chi connectivity index (χ0n) is 17.3. The van der Waals surface area contributed by atoms with Crippen LogP contribution >= 0.6 is 0 Å². The Hall–Kier alpha value is -4.00. The van der Waals surface area contributed by atoms with E-state index in [9.17, 15) is 18.8 Å². The number of carbonyl (C=O) groups is 3. The van der Waals surface area contributed by atoms with Gasteiger partial charge in [-0.3, -0.25) is 14.9 Å². The van der Waals surface area contributed by atoms with Crippen LogP contribution in [0, 0.1) is 26.6 Å². The summed E-state index contributed by atoms with van der Waals surface area (Å²) >= 11 is 0. The number of nitrogens with one attached hydrogen (secondary N) is 1. The van der Waals surface area contributed by atoms with Gasteiger partial charge in [-0.25, -0.2) is 14.1 Å². The van der Waals surface area contributed by atoms with Crippen molar-refractivity contribution in [2.45, 2.75) is 20.8 Å². The number of urea groups is 1. The van der Waals surface area contributed by atoms with E-state index in [0.29, 0.717) is 11.3 Å². The van der Waals surface area contributed by atoms with Gasteiger partial charge in [-0.05, 0) is 74.9 Å². The van der Waals surface area contributed by atoms with Crippen LogP contribution in [-0.4, -0.2) is 22.4 Å². The van der Waals surface area contributed by atoms with Crippen LogP contribution in [0.5, 0.6) is 0 Å². The van der Waals surface area contributed by atoms with E-state index < -0.39 is 17.8 Å². The number of rotatable bonds is 3. The maximum atomic E-state index is 13.3. The predicted octanol–water partition coefficient (Wildman–Crippen LogP) is 4.21. The quantitative estimate of drug-likeness (QED) is 0.513. The molecule has 1 aliphatic rings. The summed E-state index contributed by atoms with van der Waals surface area (Å²) in [6.45, 7) is 5.62. The van der Waals surface area contributed by atoms with E-state index in [1.165, 1.54) is 18.2 Å². The maximum Gasteiger partial charge on any atom is 0.335 e. The molecule has 1 aromatic heterocycles. The highest BCUT2D eigenvalue weighted by Gasteiger charge is 2.37. The molecule has 3 aromatic rings. The molecule has 0 bridgehead atoms. The number of amides is 4. The molecule has 0 unspecified atom stereocenters. The fraction of sp³-hybridized carbons (Fsp3) is 0.125. The number of benzene rings is 2. The molecule has 156 valence electrons. The molecule has 1 aliphatic heterocycles. The summed E-state index contributed by atoms with van der Waals surface area (Å²) in [5, 5.41) is 2.23. The fourth-order valence-electron chi connectivity index (χ4n) is 3.66.